The molecule has 1 fully saturated rings. The number of halogens is 2. The van der Waals surface area contributed by atoms with Crippen LogP contribution in [0.5, 0.6) is 0 Å². The van der Waals surface area contributed by atoms with E-state index in [0.717, 1.165) is 12.1 Å². The lowest BCUT2D eigenvalue weighted by Crippen LogP contribution is -2.39. The van der Waals surface area contributed by atoms with E-state index in [4.69, 9.17) is 0 Å². The summed E-state index contributed by atoms with van der Waals surface area (Å²) < 4.78 is 26.2. The molecule has 0 saturated carbocycles. The van der Waals surface area contributed by atoms with Crippen molar-refractivity contribution in [3.05, 3.63) is 35.4 Å². The van der Waals surface area contributed by atoms with Crippen LogP contribution in [-0.4, -0.2) is 47.6 Å². The third-order valence-corrected chi connectivity index (χ3v) is 3.84. The maximum atomic E-state index is 13.4. The third-order valence-electron chi connectivity index (χ3n) is 3.84. The van der Waals surface area contributed by atoms with Gasteiger partial charge >= 0.3 is 0 Å². The number of hydrogen-bond acceptors (Lipinski definition) is 3. The average Bonchev–Trinajstić information content (AvgIpc) is 2.94. The van der Waals surface area contributed by atoms with E-state index in [1.54, 1.807) is 11.8 Å². The monoisotopic (exact) mass is 312 g/mol. The van der Waals surface area contributed by atoms with Gasteiger partial charge in [-0.15, -0.1) is 0 Å². The summed E-state index contributed by atoms with van der Waals surface area (Å²) in [5.74, 6) is -2.77. The van der Waals surface area contributed by atoms with Crippen LogP contribution in [0, 0.1) is 17.6 Å². The summed E-state index contributed by atoms with van der Waals surface area (Å²) in [7, 11) is 0. The number of hydrogen-bond donors (Lipinski definition) is 2. The molecule has 1 aromatic rings. The number of aliphatic hydroxyl groups excluding tert-OH is 1. The third kappa shape index (κ3) is 3.79. The minimum atomic E-state index is -0.972. The van der Waals surface area contributed by atoms with Crippen molar-refractivity contribution in [1.82, 2.24) is 10.2 Å². The molecule has 0 radical (unpaired) electrons. The van der Waals surface area contributed by atoms with Crippen LogP contribution >= 0.6 is 0 Å². The van der Waals surface area contributed by atoms with Crippen molar-refractivity contribution >= 4 is 11.8 Å². The SMILES string of the molecule is CC(O)C1CCN(C(=O)CNC(=O)c2ccc(F)cc2F)C1. The minimum Gasteiger partial charge on any atom is -0.393 e. The first-order valence-corrected chi connectivity index (χ1v) is 7.07. The molecule has 2 amide bonds. The summed E-state index contributed by atoms with van der Waals surface area (Å²) in [6, 6.07) is 2.63. The molecule has 2 unspecified atom stereocenters. The van der Waals surface area contributed by atoms with Crippen LogP contribution < -0.4 is 5.32 Å². The molecule has 2 atom stereocenters. The molecule has 1 aliphatic heterocycles. The molecule has 1 aromatic carbocycles. The highest BCUT2D eigenvalue weighted by molar-refractivity contribution is 5.96. The maximum absolute atomic E-state index is 13.4. The van der Waals surface area contributed by atoms with Crippen LogP contribution in [-0.2, 0) is 4.79 Å². The van der Waals surface area contributed by atoms with Gasteiger partial charge < -0.3 is 15.3 Å². The summed E-state index contributed by atoms with van der Waals surface area (Å²) in [6.07, 6.45) is 0.227. The number of carbonyl (C=O) groups excluding carboxylic acids is 2. The fourth-order valence-electron chi connectivity index (χ4n) is 2.44. The van der Waals surface area contributed by atoms with E-state index in [2.05, 4.69) is 5.32 Å². The second-order valence-corrected chi connectivity index (χ2v) is 5.44. The molecule has 2 rings (SSSR count). The Morgan fingerprint density at radius 3 is 2.77 bits per heavy atom. The zero-order valence-corrected chi connectivity index (χ0v) is 12.2. The summed E-state index contributed by atoms with van der Waals surface area (Å²) in [5.41, 5.74) is -0.308. The number of aliphatic hydroxyl groups is 1. The van der Waals surface area contributed by atoms with Gasteiger partial charge in [0.15, 0.2) is 0 Å². The van der Waals surface area contributed by atoms with Crippen LogP contribution in [0.1, 0.15) is 23.7 Å². The van der Waals surface area contributed by atoms with Gasteiger partial charge in [-0.05, 0) is 25.5 Å². The van der Waals surface area contributed by atoms with Gasteiger partial charge in [0.05, 0.1) is 18.2 Å². The van der Waals surface area contributed by atoms with Crippen molar-refractivity contribution in [3.8, 4) is 0 Å². The maximum Gasteiger partial charge on any atom is 0.254 e. The largest absolute Gasteiger partial charge is 0.393 e. The first-order valence-electron chi connectivity index (χ1n) is 7.07. The Balaban J connectivity index is 1.87. The number of nitrogens with one attached hydrogen (secondary N) is 1. The molecule has 2 N–H and O–H groups in total. The van der Waals surface area contributed by atoms with E-state index >= 15 is 0 Å². The lowest BCUT2D eigenvalue weighted by Gasteiger charge is -2.18. The molecule has 0 aliphatic carbocycles. The van der Waals surface area contributed by atoms with E-state index in [0.29, 0.717) is 25.6 Å². The van der Waals surface area contributed by atoms with Crippen molar-refractivity contribution in [3.63, 3.8) is 0 Å². The number of rotatable bonds is 4. The molecular weight excluding hydrogens is 294 g/mol. The van der Waals surface area contributed by atoms with Gasteiger partial charge in [0, 0.05) is 25.1 Å². The smallest absolute Gasteiger partial charge is 0.254 e. The summed E-state index contributed by atoms with van der Waals surface area (Å²) in [4.78, 5) is 25.3. The quantitative estimate of drug-likeness (QED) is 0.869. The zero-order valence-electron chi connectivity index (χ0n) is 12.2. The highest BCUT2D eigenvalue weighted by Crippen LogP contribution is 2.19. The number of likely N-dealkylation sites (tertiary alicyclic amines) is 1. The second-order valence-electron chi connectivity index (χ2n) is 5.44. The lowest BCUT2D eigenvalue weighted by atomic mass is 10.0. The van der Waals surface area contributed by atoms with Gasteiger partial charge in [0.2, 0.25) is 5.91 Å². The van der Waals surface area contributed by atoms with Crippen molar-refractivity contribution < 1.29 is 23.5 Å². The molecule has 22 heavy (non-hydrogen) atoms. The predicted octanol–water partition coefficient (Wildman–Crippen LogP) is 0.924. The first kappa shape index (κ1) is 16.4. The van der Waals surface area contributed by atoms with Gasteiger partial charge in [0.25, 0.3) is 5.91 Å². The Kier molecular flexibility index (Phi) is 5.07. The highest BCUT2D eigenvalue weighted by atomic mass is 19.1. The first-order chi connectivity index (χ1) is 10.4. The van der Waals surface area contributed by atoms with Gasteiger partial charge in [0.1, 0.15) is 11.6 Å². The van der Waals surface area contributed by atoms with Crippen molar-refractivity contribution in [2.45, 2.75) is 19.4 Å². The Labute approximate surface area is 126 Å². The molecule has 0 spiro atoms. The van der Waals surface area contributed by atoms with Crippen LogP contribution in [0.4, 0.5) is 8.78 Å². The van der Waals surface area contributed by atoms with E-state index in [1.807, 2.05) is 0 Å². The standard InChI is InChI=1S/C15H18F2N2O3/c1-9(20)10-4-5-19(8-10)14(21)7-18-15(22)12-3-2-11(16)6-13(12)17/h2-3,6,9-10,20H,4-5,7-8H2,1H3,(H,18,22). The summed E-state index contributed by atoms with van der Waals surface area (Å²) in [5, 5.41) is 11.8. The lowest BCUT2D eigenvalue weighted by molar-refractivity contribution is -0.129. The molecule has 1 aliphatic rings. The van der Waals surface area contributed by atoms with Crippen molar-refractivity contribution in [2.75, 3.05) is 19.6 Å². The van der Waals surface area contributed by atoms with Crippen LogP contribution in [0.2, 0.25) is 0 Å². The number of nitrogens with zero attached hydrogens (tertiary/aromatic N) is 1. The zero-order chi connectivity index (χ0) is 16.3. The van der Waals surface area contributed by atoms with E-state index in [1.165, 1.54) is 0 Å². The molecule has 0 aromatic heterocycles. The number of carbonyl (C=O) groups is 2. The molecule has 0 bridgehead atoms. The Bertz CT molecular complexity index is 578. The molecule has 1 saturated heterocycles. The molecular formula is C15H18F2N2O3. The fourth-order valence-corrected chi connectivity index (χ4v) is 2.44. The van der Waals surface area contributed by atoms with E-state index in [9.17, 15) is 23.5 Å². The molecule has 5 nitrogen and oxygen atoms in total. The Hall–Kier alpha value is -2.02. The molecule has 7 heteroatoms. The number of benzene rings is 1. The summed E-state index contributed by atoms with van der Waals surface area (Å²) >= 11 is 0. The van der Waals surface area contributed by atoms with E-state index in [-0.39, 0.29) is 23.9 Å². The van der Waals surface area contributed by atoms with E-state index < -0.39 is 23.6 Å². The van der Waals surface area contributed by atoms with Crippen molar-refractivity contribution in [1.29, 1.82) is 0 Å². The van der Waals surface area contributed by atoms with Crippen LogP contribution in [0.25, 0.3) is 0 Å². The number of amides is 2. The highest BCUT2D eigenvalue weighted by Gasteiger charge is 2.29. The van der Waals surface area contributed by atoms with Crippen molar-refractivity contribution in [2.24, 2.45) is 5.92 Å². The normalized spacial score (nSPS) is 19.1. The topological polar surface area (TPSA) is 69.6 Å². The minimum absolute atomic E-state index is 0.0363. The second kappa shape index (κ2) is 6.83. The summed E-state index contributed by atoms with van der Waals surface area (Å²) in [6.45, 7) is 2.38. The van der Waals surface area contributed by atoms with Crippen LogP contribution in [0.3, 0.4) is 0 Å². The fraction of sp³-hybridized carbons (Fsp3) is 0.467. The van der Waals surface area contributed by atoms with Gasteiger partial charge in [-0.2, -0.15) is 0 Å². The average molecular weight is 312 g/mol. The Morgan fingerprint density at radius 1 is 1.45 bits per heavy atom. The Morgan fingerprint density at radius 2 is 2.18 bits per heavy atom. The van der Waals surface area contributed by atoms with Gasteiger partial charge in [-0.3, -0.25) is 9.59 Å². The molecule has 1 heterocycles. The predicted molar refractivity (Wildman–Crippen MR) is 75.1 cm³/mol. The molecule has 120 valence electrons. The van der Waals surface area contributed by atoms with Crippen LogP contribution in [0.15, 0.2) is 18.2 Å². The van der Waals surface area contributed by atoms with Gasteiger partial charge in [-0.25, -0.2) is 8.78 Å². The van der Waals surface area contributed by atoms with Gasteiger partial charge in [-0.1, -0.05) is 0 Å².